The molecule has 1 aromatic heterocycles. The number of nitrogen functional groups attached to an aromatic ring is 1. The zero-order valence-electron chi connectivity index (χ0n) is 11.8. The van der Waals surface area contributed by atoms with Crippen molar-refractivity contribution in [2.24, 2.45) is 5.84 Å². The lowest BCUT2D eigenvalue weighted by Gasteiger charge is -2.20. The van der Waals surface area contributed by atoms with Crippen molar-refractivity contribution in [1.82, 2.24) is 9.97 Å². The van der Waals surface area contributed by atoms with Crippen LogP contribution in [-0.4, -0.2) is 17.0 Å². The van der Waals surface area contributed by atoms with E-state index in [1.165, 1.54) is 18.4 Å². The molecule has 0 unspecified atom stereocenters. The van der Waals surface area contributed by atoms with Crippen molar-refractivity contribution >= 4 is 17.3 Å². The van der Waals surface area contributed by atoms with Gasteiger partial charge < -0.3 is 10.3 Å². The van der Waals surface area contributed by atoms with Crippen LogP contribution in [0.15, 0.2) is 30.3 Å². The Morgan fingerprint density at radius 2 is 2.05 bits per heavy atom. The van der Waals surface area contributed by atoms with Gasteiger partial charge in [0.05, 0.1) is 0 Å². The summed E-state index contributed by atoms with van der Waals surface area (Å²) in [7, 11) is 2.01. The topological polar surface area (TPSA) is 67.1 Å². The van der Waals surface area contributed by atoms with Gasteiger partial charge in [-0.15, -0.1) is 0 Å². The second-order valence-electron chi connectivity index (χ2n) is 5.29. The second kappa shape index (κ2) is 5.09. The molecule has 1 aromatic carbocycles. The van der Waals surface area contributed by atoms with Gasteiger partial charge in [0.1, 0.15) is 17.5 Å². The number of nitrogens with zero attached hydrogens (tertiary/aromatic N) is 3. The van der Waals surface area contributed by atoms with E-state index in [1.807, 2.05) is 19.2 Å². The van der Waals surface area contributed by atoms with Gasteiger partial charge in [-0.05, 0) is 37.5 Å². The van der Waals surface area contributed by atoms with Gasteiger partial charge in [-0.3, -0.25) is 0 Å². The normalized spacial score (nSPS) is 14.2. The number of hydrogen-bond donors (Lipinski definition) is 2. The molecule has 0 saturated heterocycles. The molecule has 1 fully saturated rings. The van der Waals surface area contributed by atoms with Crippen LogP contribution in [0.4, 0.5) is 17.3 Å². The number of hydrogen-bond acceptors (Lipinski definition) is 5. The van der Waals surface area contributed by atoms with Gasteiger partial charge in [-0.2, -0.15) is 0 Å². The summed E-state index contributed by atoms with van der Waals surface area (Å²) in [6, 6.07) is 10.2. The van der Waals surface area contributed by atoms with Crippen molar-refractivity contribution in [3.05, 3.63) is 41.7 Å². The summed E-state index contributed by atoms with van der Waals surface area (Å²) >= 11 is 0. The number of hydrazine groups is 1. The van der Waals surface area contributed by atoms with Gasteiger partial charge in [0.25, 0.3) is 0 Å². The fraction of sp³-hybridized carbons (Fsp3) is 0.333. The lowest BCUT2D eigenvalue weighted by atomic mass is 10.2. The molecule has 0 atom stereocenters. The molecule has 3 rings (SSSR count). The fourth-order valence-electron chi connectivity index (χ4n) is 2.19. The highest BCUT2D eigenvalue weighted by molar-refractivity contribution is 5.62. The molecule has 1 aliphatic rings. The fourth-order valence-corrected chi connectivity index (χ4v) is 2.19. The van der Waals surface area contributed by atoms with Gasteiger partial charge in [0, 0.05) is 24.7 Å². The van der Waals surface area contributed by atoms with Crippen LogP contribution in [0.25, 0.3) is 0 Å². The Labute approximate surface area is 118 Å². The van der Waals surface area contributed by atoms with Crippen LogP contribution < -0.4 is 16.2 Å². The van der Waals surface area contributed by atoms with Crippen LogP contribution >= 0.6 is 0 Å². The smallest absolute Gasteiger partial charge is 0.145 e. The van der Waals surface area contributed by atoms with Gasteiger partial charge in [0.15, 0.2) is 0 Å². The quantitative estimate of drug-likeness (QED) is 0.660. The van der Waals surface area contributed by atoms with E-state index in [0.29, 0.717) is 11.7 Å². The van der Waals surface area contributed by atoms with E-state index in [0.717, 1.165) is 17.3 Å². The van der Waals surface area contributed by atoms with Crippen molar-refractivity contribution in [3.8, 4) is 0 Å². The lowest BCUT2D eigenvalue weighted by molar-refractivity contribution is 0.913. The van der Waals surface area contributed by atoms with Crippen LogP contribution in [0.1, 0.15) is 30.1 Å². The van der Waals surface area contributed by atoms with E-state index in [4.69, 9.17) is 5.84 Å². The summed E-state index contributed by atoms with van der Waals surface area (Å²) in [5.41, 5.74) is 4.96. The largest absolute Gasteiger partial charge is 0.329 e. The number of aromatic nitrogens is 2. The molecule has 0 bridgehead atoms. The molecule has 0 aliphatic heterocycles. The van der Waals surface area contributed by atoms with E-state index >= 15 is 0 Å². The van der Waals surface area contributed by atoms with E-state index < -0.39 is 0 Å². The molecule has 5 nitrogen and oxygen atoms in total. The van der Waals surface area contributed by atoms with Gasteiger partial charge >= 0.3 is 0 Å². The Morgan fingerprint density at radius 3 is 2.70 bits per heavy atom. The maximum Gasteiger partial charge on any atom is 0.145 e. The minimum atomic E-state index is 0.493. The maximum absolute atomic E-state index is 5.51. The van der Waals surface area contributed by atoms with Crippen LogP contribution in [0, 0.1) is 6.92 Å². The Kier molecular flexibility index (Phi) is 3.28. The molecular weight excluding hydrogens is 250 g/mol. The molecule has 104 valence electrons. The summed E-state index contributed by atoms with van der Waals surface area (Å²) in [5, 5.41) is 0. The van der Waals surface area contributed by atoms with Crippen molar-refractivity contribution in [1.29, 1.82) is 0 Å². The zero-order chi connectivity index (χ0) is 14.1. The van der Waals surface area contributed by atoms with E-state index in [1.54, 1.807) is 0 Å². The molecule has 1 aliphatic carbocycles. The average molecular weight is 269 g/mol. The first-order valence-corrected chi connectivity index (χ1v) is 6.83. The minimum absolute atomic E-state index is 0.493. The van der Waals surface area contributed by atoms with E-state index in [-0.39, 0.29) is 0 Å². The molecule has 0 amide bonds. The predicted octanol–water partition coefficient (Wildman–Crippen LogP) is 2.72. The van der Waals surface area contributed by atoms with E-state index in [9.17, 15) is 0 Å². The zero-order valence-corrected chi connectivity index (χ0v) is 11.8. The number of benzene rings is 1. The van der Waals surface area contributed by atoms with Gasteiger partial charge in [-0.25, -0.2) is 15.8 Å². The van der Waals surface area contributed by atoms with Crippen LogP contribution in [0.3, 0.4) is 0 Å². The van der Waals surface area contributed by atoms with Crippen LogP contribution in [-0.2, 0) is 0 Å². The second-order valence-corrected chi connectivity index (χ2v) is 5.29. The molecule has 5 heteroatoms. The molecule has 1 heterocycles. The highest BCUT2D eigenvalue weighted by Gasteiger charge is 2.27. The SMILES string of the molecule is Cc1cccc(N(C)c2cc(NN)nc(C3CC3)n2)c1. The highest BCUT2D eigenvalue weighted by atomic mass is 15.3. The minimum Gasteiger partial charge on any atom is -0.329 e. The maximum atomic E-state index is 5.51. The third kappa shape index (κ3) is 2.58. The highest BCUT2D eigenvalue weighted by Crippen LogP contribution is 2.39. The third-order valence-corrected chi connectivity index (χ3v) is 3.55. The summed E-state index contributed by atoms with van der Waals surface area (Å²) in [5.74, 6) is 8.41. The van der Waals surface area contributed by atoms with Crippen molar-refractivity contribution < 1.29 is 0 Å². The number of aryl methyl sites for hydroxylation is 1. The number of anilines is 3. The summed E-state index contributed by atoms with van der Waals surface area (Å²) in [6.45, 7) is 2.08. The third-order valence-electron chi connectivity index (χ3n) is 3.55. The van der Waals surface area contributed by atoms with Gasteiger partial charge in [0.2, 0.25) is 0 Å². The monoisotopic (exact) mass is 269 g/mol. The Hall–Kier alpha value is -2.14. The van der Waals surface area contributed by atoms with Crippen molar-refractivity contribution in [2.75, 3.05) is 17.4 Å². The van der Waals surface area contributed by atoms with Crippen molar-refractivity contribution in [2.45, 2.75) is 25.7 Å². The predicted molar refractivity (Wildman–Crippen MR) is 81.1 cm³/mol. The van der Waals surface area contributed by atoms with Gasteiger partial charge in [-0.1, -0.05) is 12.1 Å². The summed E-state index contributed by atoms with van der Waals surface area (Å²) in [6.07, 6.45) is 2.34. The Balaban J connectivity index is 1.97. The molecule has 3 N–H and O–H groups in total. The molecular formula is C15H19N5. The number of nitrogens with one attached hydrogen (secondary N) is 1. The first kappa shape index (κ1) is 12.9. The Morgan fingerprint density at radius 1 is 1.25 bits per heavy atom. The average Bonchev–Trinajstić information content (AvgIpc) is 3.30. The standard InChI is InChI=1S/C15H19N5/c1-10-4-3-5-12(8-10)20(2)14-9-13(19-16)17-15(18-14)11-6-7-11/h3-5,8-9,11H,6-7,16H2,1-2H3,(H,17,18,19). The lowest BCUT2D eigenvalue weighted by Crippen LogP contribution is -2.16. The number of nitrogens with two attached hydrogens (primary N) is 1. The number of rotatable bonds is 4. The van der Waals surface area contributed by atoms with Crippen LogP contribution in [0.2, 0.25) is 0 Å². The van der Waals surface area contributed by atoms with E-state index in [2.05, 4.69) is 45.4 Å². The van der Waals surface area contributed by atoms with Crippen molar-refractivity contribution in [3.63, 3.8) is 0 Å². The molecule has 0 radical (unpaired) electrons. The first-order chi connectivity index (χ1) is 9.67. The summed E-state index contributed by atoms with van der Waals surface area (Å²) < 4.78 is 0. The first-order valence-electron chi connectivity index (χ1n) is 6.83. The molecule has 20 heavy (non-hydrogen) atoms. The molecule has 1 saturated carbocycles. The molecule has 2 aromatic rings. The molecule has 0 spiro atoms. The summed E-state index contributed by atoms with van der Waals surface area (Å²) in [4.78, 5) is 11.2. The van der Waals surface area contributed by atoms with Crippen LogP contribution in [0.5, 0.6) is 0 Å². The Bertz CT molecular complexity index is 621.